The van der Waals surface area contributed by atoms with Crippen molar-refractivity contribution in [2.45, 2.75) is 49.2 Å². The highest BCUT2D eigenvalue weighted by Gasteiger charge is 2.53. The van der Waals surface area contributed by atoms with Gasteiger partial charge in [-0.05, 0) is 11.8 Å². The lowest BCUT2D eigenvalue weighted by atomic mass is 10.1. The average molecular weight is 694 g/mol. The summed E-state index contributed by atoms with van der Waals surface area (Å²) in [5.74, 6) is -0.280. The van der Waals surface area contributed by atoms with E-state index in [0.29, 0.717) is 0 Å². The number of rotatable bonds is 2. The van der Waals surface area contributed by atoms with E-state index in [0.717, 1.165) is 17.2 Å². The number of ether oxygens (including phenoxy) is 2. The van der Waals surface area contributed by atoms with E-state index in [9.17, 15) is 18.1 Å². The Kier molecular flexibility index (Phi) is 7.34. The third-order valence-electron chi connectivity index (χ3n) is 7.27. The Morgan fingerprint density at radius 1 is 1.00 bits per heavy atom. The zero-order chi connectivity index (χ0) is 31.8. The lowest BCUT2D eigenvalue weighted by Gasteiger charge is -2.26. The number of hydrogen-bond donors (Lipinski definition) is 5. The molecule has 7 heterocycles. The Bertz CT molecular complexity index is 2010. The second-order valence-electron chi connectivity index (χ2n) is 10.1. The lowest BCUT2D eigenvalue weighted by Crippen LogP contribution is -2.43. The second kappa shape index (κ2) is 10.9. The normalized spacial score (nSPS) is 35.5. The summed E-state index contributed by atoms with van der Waals surface area (Å²) in [5.41, 5.74) is 10.6. The van der Waals surface area contributed by atoms with Gasteiger partial charge < -0.3 is 30.4 Å². The molecule has 0 amide bonds. The van der Waals surface area contributed by atoms with E-state index in [-0.39, 0.29) is 34.1 Å². The van der Waals surface area contributed by atoms with Crippen molar-refractivity contribution in [3.63, 3.8) is 0 Å². The third-order valence-corrected chi connectivity index (χ3v) is 9.83. The number of halogens is 2. The molecule has 0 radical (unpaired) electrons. The predicted octanol–water partition coefficient (Wildman–Crippen LogP) is -1.55. The summed E-state index contributed by atoms with van der Waals surface area (Å²) in [6.45, 7) is -5.82. The standard InChI is InChI=1S/C20H22F2N11O9PS2/c21-8-7-2-38-43(35,44)41-12-6(39-18(9(12)22)32-4-27-10-14(23)25-3-26-15(10)32)1-29-45(36,37)42-13(8)19(40-7)33-5-28-11-16(33)30-20(24)31-17(11)34/h3-9,12-13,18-19,29H,1-2H2,(H,35,44)(H2,23,25,26)(H3,24,30,31,34). The minimum absolute atomic E-state index is 0.0196. The first kappa shape index (κ1) is 30.3. The molecular formula is C20H22F2N11O9PS2. The van der Waals surface area contributed by atoms with Gasteiger partial charge in [0.05, 0.1) is 19.3 Å². The first-order valence-electron chi connectivity index (χ1n) is 12.9. The fourth-order valence-electron chi connectivity index (χ4n) is 5.27. The number of fused-ring (bicyclic) bond motifs is 5. The van der Waals surface area contributed by atoms with Gasteiger partial charge in [-0.2, -0.15) is 18.1 Å². The maximum absolute atomic E-state index is 16.0. The highest BCUT2D eigenvalue weighted by molar-refractivity contribution is 8.07. The molecule has 3 aliphatic rings. The van der Waals surface area contributed by atoms with Gasteiger partial charge in [-0.1, -0.05) is 0 Å². The molecule has 3 aliphatic heterocycles. The van der Waals surface area contributed by atoms with Gasteiger partial charge in [0.2, 0.25) is 5.95 Å². The first-order valence-corrected chi connectivity index (χ1v) is 16.9. The summed E-state index contributed by atoms with van der Waals surface area (Å²) < 4.78 is 89.8. The zero-order valence-electron chi connectivity index (χ0n) is 22.3. The third kappa shape index (κ3) is 5.35. The molecule has 3 saturated heterocycles. The number of nitrogens with zero attached hydrogens (tertiary/aromatic N) is 7. The second-order valence-corrected chi connectivity index (χ2v) is 14.3. The van der Waals surface area contributed by atoms with Crippen LogP contribution in [0, 0.1) is 0 Å². The molecule has 4 aromatic rings. The fourth-order valence-corrected chi connectivity index (χ4v) is 7.63. The summed E-state index contributed by atoms with van der Waals surface area (Å²) in [4.78, 5) is 45.3. The van der Waals surface area contributed by atoms with E-state index in [4.69, 9.17) is 46.0 Å². The Morgan fingerprint density at radius 2 is 1.71 bits per heavy atom. The van der Waals surface area contributed by atoms with Gasteiger partial charge in [-0.25, -0.2) is 32.9 Å². The fraction of sp³-hybridized carbons (Fsp3) is 0.500. The molecule has 4 aromatic heterocycles. The highest BCUT2D eigenvalue weighted by Crippen LogP contribution is 2.50. The maximum Gasteiger partial charge on any atom is 0.336 e. The molecule has 0 aliphatic carbocycles. The van der Waals surface area contributed by atoms with Gasteiger partial charge in [-0.3, -0.25) is 23.4 Å². The van der Waals surface area contributed by atoms with Crippen LogP contribution in [0.2, 0.25) is 0 Å². The number of hydrogen-bond acceptors (Lipinski definition) is 16. The molecule has 7 rings (SSSR count). The molecule has 0 spiro atoms. The van der Waals surface area contributed by atoms with E-state index >= 15 is 8.78 Å². The number of H-pyrrole nitrogens is 1. The van der Waals surface area contributed by atoms with Gasteiger partial charge in [0.25, 0.3) is 5.56 Å². The minimum Gasteiger partial charge on any atom is -0.382 e. The number of imidazole rings is 2. The Labute approximate surface area is 254 Å². The van der Waals surface area contributed by atoms with Crippen LogP contribution in [0.3, 0.4) is 0 Å². The van der Waals surface area contributed by atoms with Crippen LogP contribution < -0.4 is 21.7 Å². The Balaban J connectivity index is 1.21. The smallest absolute Gasteiger partial charge is 0.336 e. The molecule has 7 N–H and O–H groups in total. The van der Waals surface area contributed by atoms with Gasteiger partial charge in [0, 0.05) is 6.54 Å². The molecule has 25 heteroatoms. The quantitative estimate of drug-likeness (QED) is 0.149. The number of nitrogen functional groups attached to an aromatic ring is 2. The van der Waals surface area contributed by atoms with E-state index in [2.05, 4.69) is 34.6 Å². The number of nitrogens with two attached hydrogens (primary N) is 2. The van der Waals surface area contributed by atoms with Crippen LogP contribution in [-0.4, -0.2) is 102 Å². The molecule has 9 atom stereocenters. The van der Waals surface area contributed by atoms with Crippen LogP contribution in [0.4, 0.5) is 20.5 Å². The van der Waals surface area contributed by atoms with Crippen LogP contribution in [0.1, 0.15) is 12.5 Å². The van der Waals surface area contributed by atoms with E-state index < -0.39 is 84.9 Å². The number of aromatic amines is 1. The Morgan fingerprint density at radius 3 is 2.49 bits per heavy atom. The van der Waals surface area contributed by atoms with E-state index in [1.807, 2.05) is 0 Å². The van der Waals surface area contributed by atoms with Crippen molar-refractivity contribution in [3.05, 3.63) is 29.3 Å². The highest BCUT2D eigenvalue weighted by atomic mass is 32.5. The van der Waals surface area contributed by atoms with Gasteiger partial charge in [-0.15, -0.1) is 0 Å². The number of nitrogens with one attached hydrogen (secondary N) is 2. The first-order chi connectivity index (χ1) is 21.3. The van der Waals surface area contributed by atoms with Gasteiger partial charge >= 0.3 is 17.0 Å². The molecule has 242 valence electrons. The molecular weight excluding hydrogens is 671 g/mol. The van der Waals surface area contributed by atoms with Crippen molar-refractivity contribution < 1.29 is 44.8 Å². The average Bonchev–Trinajstić information content (AvgIpc) is 3.72. The largest absolute Gasteiger partial charge is 0.382 e. The summed E-state index contributed by atoms with van der Waals surface area (Å²) >= 11 is 5.09. The molecule has 0 aromatic carbocycles. The zero-order valence-corrected chi connectivity index (χ0v) is 24.8. The van der Waals surface area contributed by atoms with Crippen molar-refractivity contribution in [3.8, 4) is 0 Å². The van der Waals surface area contributed by atoms with Crippen molar-refractivity contribution in [2.75, 3.05) is 24.6 Å². The summed E-state index contributed by atoms with van der Waals surface area (Å²) in [5, 5.41) is 0. The summed E-state index contributed by atoms with van der Waals surface area (Å²) in [7, 11) is -4.83. The van der Waals surface area contributed by atoms with Gasteiger partial charge in [0.15, 0.2) is 53.5 Å². The minimum atomic E-state index is -4.83. The predicted molar refractivity (Wildman–Crippen MR) is 149 cm³/mol. The monoisotopic (exact) mass is 693 g/mol. The number of alkyl halides is 2. The SMILES string of the molecule is Nc1nc2c(ncn2C2OC3COP(O)(=S)OC4C(CNS(=O)(=O)OC2C3F)OC(n2cnc3c(N)ncnc32)C4F)c(=O)[nH]1. The Hall–Kier alpha value is -3.32. The maximum atomic E-state index is 16.0. The number of aromatic nitrogens is 8. The van der Waals surface area contributed by atoms with Crippen LogP contribution >= 0.6 is 6.72 Å². The number of anilines is 2. The van der Waals surface area contributed by atoms with Crippen molar-refractivity contribution in [2.24, 2.45) is 0 Å². The summed E-state index contributed by atoms with van der Waals surface area (Å²) in [6.07, 6.45) is -10.6. The summed E-state index contributed by atoms with van der Waals surface area (Å²) in [6, 6.07) is 0. The van der Waals surface area contributed by atoms with Crippen LogP contribution in [0.5, 0.6) is 0 Å². The van der Waals surface area contributed by atoms with E-state index in [1.54, 1.807) is 0 Å². The van der Waals surface area contributed by atoms with Crippen molar-refractivity contribution >= 4 is 62.9 Å². The molecule has 3 fully saturated rings. The molecule has 0 saturated carbocycles. The molecule has 9 unspecified atom stereocenters. The van der Waals surface area contributed by atoms with Crippen molar-refractivity contribution in [1.29, 1.82) is 0 Å². The van der Waals surface area contributed by atoms with Crippen molar-refractivity contribution in [1.82, 2.24) is 43.8 Å². The van der Waals surface area contributed by atoms with Crippen LogP contribution in [0.15, 0.2) is 23.8 Å². The molecule has 2 bridgehead atoms. The topological polar surface area (TPSA) is 272 Å². The van der Waals surface area contributed by atoms with Crippen LogP contribution in [0.25, 0.3) is 22.3 Å². The molecule has 45 heavy (non-hydrogen) atoms. The molecule has 20 nitrogen and oxygen atoms in total. The lowest BCUT2D eigenvalue weighted by molar-refractivity contribution is -0.0472. The van der Waals surface area contributed by atoms with Gasteiger partial charge in [0.1, 0.15) is 30.2 Å². The van der Waals surface area contributed by atoms with Crippen LogP contribution in [-0.2, 0) is 44.8 Å². The van der Waals surface area contributed by atoms with E-state index in [1.165, 1.54) is 10.9 Å².